The second-order valence-electron chi connectivity index (χ2n) is 3.97. The van der Waals surface area contributed by atoms with E-state index in [9.17, 15) is 9.90 Å². The van der Waals surface area contributed by atoms with Crippen molar-refractivity contribution < 1.29 is 9.90 Å². The fourth-order valence-electron chi connectivity index (χ4n) is 1.60. The Bertz CT molecular complexity index is 669. The third kappa shape index (κ3) is 3.26. The summed E-state index contributed by atoms with van der Waals surface area (Å²) in [6, 6.07) is 7.69. The van der Waals surface area contributed by atoms with Gasteiger partial charge in [0, 0.05) is 14.0 Å². The van der Waals surface area contributed by atoms with Crippen molar-refractivity contribution in [2.24, 2.45) is 0 Å². The van der Waals surface area contributed by atoms with E-state index in [-0.39, 0.29) is 11.3 Å². The maximum Gasteiger partial charge on any atom is 0.259 e. The second-order valence-corrected chi connectivity index (χ2v) is 6.17. The van der Waals surface area contributed by atoms with Crippen molar-refractivity contribution in [3.05, 3.63) is 49.9 Å². The number of nitrogens with one attached hydrogen (secondary N) is 1. The molecule has 7 heteroatoms. The summed E-state index contributed by atoms with van der Waals surface area (Å²) in [6.07, 6.45) is 0. The molecule has 4 N–H and O–H groups in total. The lowest BCUT2D eigenvalue weighted by Crippen LogP contribution is -2.14. The molecule has 0 saturated carbocycles. The molecular weight excluding hydrogens is 411 g/mol. The molecule has 1 amide bonds. The lowest BCUT2D eigenvalue weighted by molar-refractivity contribution is 0.102. The highest BCUT2D eigenvalue weighted by Crippen LogP contribution is 2.33. The number of carbonyl (C=O) groups is 1. The average molecular weight is 420 g/mol. The van der Waals surface area contributed by atoms with Crippen molar-refractivity contribution in [1.29, 1.82) is 0 Å². The molecule has 104 valence electrons. The lowest BCUT2D eigenvalue weighted by Gasteiger charge is -2.12. The van der Waals surface area contributed by atoms with Crippen molar-refractivity contribution in [2.45, 2.75) is 0 Å². The van der Waals surface area contributed by atoms with Crippen LogP contribution in [0.3, 0.4) is 0 Å². The minimum absolute atomic E-state index is 0.114. The van der Waals surface area contributed by atoms with E-state index in [2.05, 4.69) is 37.2 Å². The van der Waals surface area contributed by atoms with Gasteiger partial charge < -0.3 is 16.2 Å². The Hall–Kier alpha value is -1.24. The quantitative estimate of drug-likeness (QED) is 0.630. The van der Waals surface area contributed by atoms with Crippen LogP contribution in [0.4, 0.5) is 11.4 Å². The van der Waals surface area contributed by atoms with E-state index in [0.29, 0.717) is 20.9 Å². The van der Waals surface area contributed by atoms with Crippen molar-refractivity contribution >= 4 is 60.7 Å². The first kappa shape index (κ1) is 15.2. The number of hydrogen-bond donors (Lipinski definition) is 3. The van der Waals surface area contributed by atoms with Gasteiger partial charge in [-0.05, 0) is 46.3 Å². The topological polar surface area (TPSA) is 75.3 Å². The summed E-state index contributed by atoms with van der Waals surface area (Å²) >= 11 is 12.3. The van der Waals surface area contributed by atoms with Gasteiger partial charge in [0.05, 0.1) is 16.9 Å². The van der Waals surface area contributed by atoms with Crippen LogP contribution in [0, 0.1) is 0 Å². The number of nitrogens with two attached hydrogens (primary N) is 1. The molecule has 0 atom stereocenters. The van der Waals surface area contributed by atoms with E-state index in [1.54, 1.807) is 12.1 Å². The van der Waals surface area contributed by atoms with Crippen LogP contribution in [-0.4, -0.2) is 11.0 Å². The van der Waals surface area contributed by atoms with E-state index in [0.717, 1.165) is 4.47 Å². The Kier molecular flexibility index (Phi) is 4.57. The van der Waals surface area contributed by atoms with Crippen LogP contribution >= 0.6 is 43.5 Å². The minimum atomic E-state index is -0.478. The molecule has 0 saturated heterocycles. The van der Waals surface area contributed by atoms with Crippen LogP contribution in [0.5, 0.6) is 5.75 Å². The summed E-state index contributed by atoms with van der Waals surface area (Å²) in [4.78, 5) is 12.1. The normalized spacial score (nSPS) is 10.3. The number of carbonyl (C=O) groups excluding carboxylic acids is 1. The highest BCUT2D eigenvalue weighted by atomic mass is 79.9. The molecule has 0 bridgehead atoms. The SMILES string of the molecule is Nc1cc(Br)cc(Br)c1NC(=O)c1ccc(Cl)cc1O. The monoisotopic (exact) mass is 418 g/mol. The summed E-state index contributed by atoms with van der Waals surface area (Å²) in [6.45, 7) is 0. The number of amides is 1. The standard InChI is InChI=1S/C13H9Br2ClN2O2/c14-6-3-9(15)12(10(17)4-6)18-13(20)8-2-1-7(16)5-11(8)19/h1-5,19H,17H2,(H,18,20). The first-order chi connectivity index (χ1) is 9.38. The Balaban J connectivity index is 2.33. The molecule has 0 aliphatic heterocycles. The van der Waals surface area contributed by atoms with Gasteiger partial charge in [0.2, 0.25) is 0 Å². The Morgan fingerprint density at radius 2 is 1.95 bits per heavy atom. The molecule has 0 aliphatic carbocycles. The molecule has 2 aromatic carbocycles. The van der Waals surface area contributed by atoms with Crippen molar-refractivity contribution in [3.63, 3.8) is 0 Å². The van der Waals surface area contributed by atoms with Crippen molar-refractivity contribution in [3.8, 4) is 5.75 Å². The van der Waals surface area contributed by atoms with Gasteiger partial charge in [-0.1, -0.05) is 27.5 Å². The predicted octanol–water partition coefficient (Wildman–Crippen LogP) is 4.41. The largest absolute Gasteiger partial charge is 0.507 e. The minimum Gasteiger partial charge on any atom is -0.507 e. The van der Waals surface area contributed by atoms with Crippen molar-refractivity contribution in [2.75, 3.05) is 11.1 Å². The zero-order valence-electron chi connectivity index (χ0n) is 9.95. The van der Waals surface area contributed by atoms with Gasteiger partial charge in [-0.2, -0.15) is 0 Å². The number of aromatic hydroxyl groups is 1. The van der Waals surface area contributed by atoms with Crippen LogP contribution in [0.2, 0.25) is 5.02 Å². The summed E-state index contributed by atoms with van der Waals surface area (Å²) < 4.78 is 1.42. The van der Waals surface area contributed by atoms with Gasteiger partial charge in [0.1, 0.15) is 5.75 Å². The smallest absolute Gasteiger partial charge is 0.259 e. The molecule has 0 spiro atoms. The average Bonchev–Trinajstić information content (AvgIpc) is 2.33. The molecule has 0 aromatic heterocycles. The summed E-state index contributed by atoms with van der Waals surface area (Å²) in [5.74, 6) is -0.671. The molecule has 20 heavy (non-hydrogen) atoms. The lowest BCUT2D eigenvalue weighted by atomic mass is 10.1. The molecule has 0 radical (unpaired) electrons. The second kappa shape index (κ2) is 6.03. The van der Waals surface area contributed by atoms with Crippen LogP contribution < -0.4 is 11.1 Å². The third-order valence-electron chi connectivity index (χ3n) is 2.53. The van der Waals surface area contributed by atoms with Crippen molar-refractivity contribution in [1.82, 2.24) is 0 Å². The number of phenols is 1. The fourth-order valence-corrected chi connectivity index (χ4v) is 3.13. The molecule has 0 fully saturated rings. The number of anilines is 2. The van der Waals surface area contributed by atoms with Gasteiger partial charge in [-0.15, -0.1) is 0 Å². The van der Waals surface area contributed by atoms with E-state index in [1.165, 1.54) is 18.2 Å². The molecule has 2 aromatic rings. The maximum absolute atomic E-state index is 12.1. The van der Waals surface area contributed by atoms with Crippen LogP contribution in [0.15, 0.2) is 39.3 Å². The number of rotatable bonds is 2. The Morgan fingerprint density at radius 3 is 2.55 bits per heavy atom. The predicted molar refractivity (Wildman–Crippen MR) is 87.3 cm³/mol. The van der Waals surface area contributed by atoms with Crippen LogP contribution in [0.1, 0.15) is 10.4 Å². The molecule has 0 heterocycles. The van der Waals surface area contributed by atoms with Crippen LogP contribution in [0.25, 0.3) is 0 Å². The fraction of sp³-hybridized carbons (Fsp3) is 0. The zero-order chi connectivity index (χ0) is 14.9. The Morgan fingerprint density at radius 1 is 1.25 bits per heavy atom. The van der Waals surface area contributed by atoms with E-state index < -0.39 is 5.91 Å². The first-order valence-electron chi connectivity index (χ1n) is 5.43. The number of nitrogen functional groups attached to an aromatic ring is 1. The molecule has 0 unspecified atom stereocenters. The van der Waals surface area contributed by atoms with Gasteiger partial charge in [-0.3, -0.25) is 4.79 Å². The van der Waals surface area contributed by atoms with Crippen LogP contribution in [-0.2, 0) is 0 Å². The van der Waals surface area contributed by atoms with E-state index >= 15 is 0 Å². The van der Waals surface area contributed by atoms with Gasteiger partial charge in [0.25, 0.3) is 5.91 Å². The maximum atomic E-state index is 12.1. The molecule has 2 rings (SSSR count). The Labute approximate surface area is 137 Å². The number of halogens is 3. The number of benzene rings is 2. The van der Waals surface area contributed by atoms with E-state index in [4.69, 9.17) is 17.3 Å². The number of phenolic OH excluding ortho intramolecular Hbond substituents is 1. The summed E-state index contributed by atoms with van der Waals surface area (Å²) in [5, 5.41) is 12.7. The third-order valence-corrected chi connectivity index (χ3v) is 3.85. The summed E-state index contributed by atoms with van der Waals surface area (Å²) in [5.41, 5.74) is 6.80. The molecular formula is C13H9Br2ClN2O2. The van der Waals surface area contributed by atoms with E-state index in [1.807, 2.05) is 0 Å². The zero-order valence-corrected chi connectivity index (χ0v) is 13.9. The van der Waals surface area contributed by atoms with Gasteiger partial charge in [0.15, 0.2) is 0 Å². The molecule has 0 aliphatic rings. The summed E-state index contributed by atoms with van der Waals surface area (Å²) in [7, 11) is 0. The first-order valence-corrected chi connectivity index (χ1v) is 7.39. The van der Waals surface area contributed by atoms with Gasteiger partial charge in [-0.25, -0.2) is 0 Å². The number of hydrogen-bond acceptors (Lipinski definition) is 3. The highest BCUT2D eigenvalue weighted by molar-refractivity contribution is 9.11. The molecule has 4 nitrogen and oxygen atoms in total. The highest BCUT2D eigenvalue weighted by Gasteiger charge is 2.15. The van der Waals surface area contributed by atoms with Gasteiger partial charge >= 0.3 is 0 Å².